The molecule has 1 aromatic carbocycles. The second kappa shape index (κ2) is 9.00. The Morgan fingerprint density at radius 2 is 1.92 bits per heavy atom. The summed E-state index contributed by atoms with van der Waals surface area (Å²) in [6.45, 7) is 6.27. The van der Waals surface area contributed by atoms with E-state index in [9.17, 15) is 13.2 Å². The maximum absolute atomic E-state index is 12.6. The molecule has 0 aliphatic heterocycles. The molecule has 7 heteroatoms. The van der Waals surface area contributed by atoms with Crippen LogP contribution in [0.25, 0.3) is 0 Å². The van der Waals surface area contributed by atoms with Gasteiger partial charge in [0.1, 0.15) is 5.76 Å². The lowest BCUT2D eigenvalue weighted by atomic mass is 10.1. The van der Waals surface area contributed by atoms with Crippen LogP contribution in [-0.4, -0.2) is 37.8 Å². The number of hydrogen-bond donors (Lipinski definition) is 1. The van der Waals surface area contributed by atoms with Crippen LogP contribution in [-0.2, 0) is 16.4 Å². The molecule has 2 rings (SSSR count). The van der Waals surface area contributed by atoms with E-state index >= 15 is 0 Å². The number of carbonyl (C=O) groups excluding carboxylic acids is 1. The molecule has 1 amide bonds. The molecule has 0 aliphatic carbocycles. The van der Waals surface area contributed by atoms with Crippen molar-refractivity contribution >= 4 is 15.9 Å². The third kappa shape index (κ3) is 4.95. The topological polar surface area (TPSA) is 79.6 Å². The number of nitrogens with one attached hydrogen (secondary N) is 1. The summed E-state index contributed by atoms with van der Waals surface area (Å²) in [5.74, 6) is 0.590. The van der Waals surface area contributed by atoms with Crippen LogP contribution in [0, 0.1) is 0 Å². The van der Waals surface area contributed by atoms with Crippen molar-refractivity contribution in [1.29, 1.82) is 0 Å². The summed E-state index contributed by atoms with van der Waals surface area (Å²) in [6.07, 6.45) is 3.09. The Labute approximate surface area is 155 Å². The van der Waals surface area contributed by atoms with Gasteiger partial charge >= 0.3 is 0 Å². The van der Waals surface area contributed by atoms with Crippen molar-refractivity contribution in [1.82, 2.24) is 9.62 Å². The van der Waals surface area contributed by atoms with E-state index in [0.717, 1.165) is 18.6 Å². The maximum atomic E-state index is 12.6. The first kappa shape index (κ1) is 20.2. The molecule has 142 valence electrons. The average molecular weight is 378 g/mol. The Bertz CT molecular complexity index is 812. The molecule has 1 aromatic heterocycles. The predicted octanol–water partition coefficient (Wildman–Crippen LogP) is 3.06. The summed E-state index contributed by atoms with van der Waals surface area (Å²) in [4.78, 5) is 12.6. The van der Waals surface area contributed by atoms with E-state index in [2.05, 4.69) is 5.32 Å². The minimum Gasteiger partial charge on any atom is -0.469 e. The molecule has 2 aromatic rings. The van der Waals surface area contributed by atoms with Crippen LogP contribution in [0.1, 0.15) is 43.3 Å². The van der Waals surface area contributed by atoms with E-state index in [1.165, 1.54) is 16.4 Å². The van der Waals surface area contributed by atoms with E-state index in [-0.39, 0.29) is 16.8 Å². The lowest BCUT2D eigenvalue weighted by Gasteiger charge is -2.19. The molecule has 0 saturated carbocycles. The van der Waals surface area contributed by atoms with Crippen LogP contribution in [0.5, 0.6) is 0 Å². The van der Waals surface area contributed by atoms with Gasteiger partial charge in [0, 0.05) is 31.1 Å². The van der Waals surface area contributed by atoms with Gasteiger partial charge in [-0.25, -0.2) is 8.42 Å². The lowest BCUT2D eigenvalue weighted by Crippen LogP contribution is -2.33. The Morgan fingerprint density at radius 1 is 1.19 bits per heavy atom. The molecule has 0 radical (unpaired) electrons. The standard InChI is InChI=1S/C19H26N2O4S/c1-4-21(5-2)26(23,24)18-10-6-8-16(14-18)19(22)20-15(3)11-12-17-9-7-13-25-17/h6-10,13-15H,4-5,11-12H2,1-3H3,(H,20,22). The molecule has 1 unspecified atom stereocenters. The van der Waals surface area contributed by atoms with Gasteiger partial charge in [-0.15, -0.1) is 0 Å². The first-order chi connectivity index (χ1) is 12.4. The number of carbonyl (C=O) groups is 1. The van der Waals surface area contributed by atoms with Gasteiger partial charge in [-0.2, -0.15) is 4.31 Å². The van der Waals surface area contributed by atoms with E-state index in [0.29, 0.717) is 18.7 Å². The smallest absolute Gasteiger partial charge is 0.251 e. The van der Waals surface area contributed by atoms with Crippen LogP contribution in [0.15, 0.2) is 52.0 Å². The van der Waals surface area contributed by atoms with Crippen molar-refractivity contribution in [3.8, 4) is 0 Å². The highest BCUT2D eigenvalue weighted by Gasteiger charge is 2.22. The summed E-state index contributed by atoms with van der Waals surface area (Å²) < 4.78 is 31.9. The van der Waals surface area contributed by atoms with Gasteiger partial charge in [-0.05, 0) is 43.7 Å². The Kier molecular flexibility index (Phi) is 6.99. The first-order valence-corrected chi connectivity index (χ1v) is 10.3. The zero-order chi connectivity index (χ0) is 19.2. The van der Waals surface area contributed by atoms with E-state index in [4.69, 9.17) is 4.42 Å². The summed E-state index contributed by atoms with van der Waals surface area (Å²) >= 11 is 0. The van der Waals surface area contributed by atoms with E-state index < -0.39 is 10.0 Å². The normalized spacial score (nSPS) is 12.9. The van der Waals surface area contributed by atoms with Gasteiger partial charge in [0.05, 0.1) is 11.2 Å². The van der Waals surface area contributed by atoms with Crippen molar-refractivity contribution in [2.75, 3.05) is 13.1 Å². The number of amides is 1. The van der Waals surface area contributed by atoms with Gasteiger partial charge < -0.3 is 9.73 Å². The highest BCUT2D eigenvalue weighted by atomic mass is 32.2. The van der Waals surface area contributed by atoms with Crippen molar-refractivity contribution in [2.45, 2.75) is 44.6 Å². The van der Waals surface area contributed by atoms with Crippen molar-refractivity contribution in [3.63, 3.8) is 0 Å². The zero-order valence-corrected chi connectivity index (χ0v) is 16.3. The number of rotatable bonds is 9. The number of nitrogens with zero attached hydrogens (tertiary/aromatic N) is 1. The molecule has 1 heterocycles. The molecular formula is C19H26N2O4S. The van der Waals surface area contributed by atoms with E-state index in [1.807, 2.05) is 19.1 Å². The second-order valence-electron chi connectivity index (χ2n) is 6.11. The average Bonchev–Trinajstić information content (AvgIpc) is 3.14. The van der Waals surface area contributed by atoms with Crippen LogP contribution in [0.2, 0.25) is 0 Å². The molecule has 26 heavy (non-hydrogen) atoms. The molecular weight excluding hydrogens is 352 g/mol. The fourth-order valence-electron chi connectivity index (χ4n) is 2.70. The summed E-state index contributed by atoms with van der Waals surface area (Å²) in [5.41, 5.74) is 0.336. The van der Waals surface area contributed by atoms with Crippen molar-refractivity contribution < 1.29 is 17.6 Å². The minimum absolute atomic E-state index is 0.0596. The summed E-state index contributed by atoms with van der Waals surface area (Å²) in [6, 6.07) is 9.84. The summed E-state index contributed by atoms with van der Waals surface area (Å²) in [5, 5.41) is 2.91. The molecule has 1 atom stereocenters. The van der Waals surface area contributed by atoms with Gasteiger partial charge in [0.15, 0.2) is 0 Å². The Morgan fingerprint density at radius 3 is 2.54 bits per heavy atom. The molecule has 6 nitrogen and oxygen atoms in total. The fraction of sp³-hybridized carbons (Fsp3) is 0.421. The Balaban J connectivity index is 2.05. The maximum Gasteiger partial charge on any atom is 0.251 e. The monoisotopic (exact) mass is 378 g/mol. The largest absolute Gasteiger partial charge is 0.469 e. The van der Waals surface area contributed by atoms with Crippen LogP contribution in [0.3, 0.4) is 0 Å². The first-order valence-electron chi connectivity index (χ1n) is 8.82. The zero-order valence-electron chi connectivity index (χ0n) is 15.4. The number of aryl methyl sites for hydroxylation is 1. The highest BCUT2D eigenvalue weighted by molar-refractivity contribution is 7.89. The fourth-order valence-corrected chi connectivity index (χ4v) is 4.21. The summed E-state index contributed by atoms with van der Waals surface area (Å²) in [7, 11) is -3.58. The van der Waals surface area contributed by atoms with Crippen LogP contribution < -0.4 is 5.32 Å². The Hall–Kier alpha value is -2.12. The molecule has 0 fully saturated rings. The van der Waals surface area contributed by atoms with Crippen LogP contribution in [0.4, 0.5) is 0 Å². The quantitative estimate of drug-likeness (QED) is 0.727. The van der Waals surface area contributed by atoms with Crippen LogP contribution >= 0.6 is 0 Å². The molecule has 0 aliphatic rings. The van der Waals surface area contributed by atoms with Gasteiger partial charge in [-0.3, -0.25) is 4.79 Å². The molecule has 0 bridgehead atoms. The number of benzene rings is 1. The molecule has 0 spiro atoms. The highest BCUT2D eigenvalue weighted by Crippen LogP contribution is 2.17. The number of hydrogen-bond acceptors (Lipinski definition) is 4. The second-order valence-corrected chi connectivity index (χ2v) is 8.05. The van der Waals surface area contributed by atoms with E-state index in [1.54, 1.807) is 32.2 Å². The lowest BCUT2D eigenvalue weighted by molar-refractivity contribution is 0.0938. The third-order valence-electron chi connectivity index (χ3n) is 4.22. The van der Waals surface area contributed by atoms with Crippen molar-refractivity contribution in [2.24, 2.45) is 0 Å². The van der Waals surface area contributed by atoms with Gasteiger partial charge in [-0.1, -0.05) is 19.9 Å². The van der Waals surface area contributed by atoms with Crippen molar-refractivity contribution in [3.05, 3.63) is 54.0 Å². The SMILES string of the molecule is CCN(CC)S(=O)(=O)c1cccc(C(=O)NC(C)CCc2ccco2)c1. The number of furan rings is 1. The third-order valence-corrected chi connectivity index (χ3v) is 6.27. The number of sulfonamides is 1. The molecule has 1 N–H and O–H groups in total. The van der Waals surface area contributed by atoms with Gasteiger partial charge in [0.2, 0.25) is 10.0 Å². The predicted molar refractivity (Wildman–Crippen MR) is 101 cm³/mol. The van der Waals surface area contributed by atoms with Gasteiger partial charge in [0.25, 0.3) is 5.91 Å². The minimum atomic E-state index is -3.58. The molecule has 0 saturated heterocycles.